The quantitative estimate of drug-likeness (QED) is 0.338. The molecule has 7 heteroatoms. The third-order valence-electron chi connectivity index (χ3n) is 7.76. The number of nitrogens with zero attached hydrogens (tertiary/aromatic N) is 1. The highest BCUT2D eigenvalue weighted by atomic mass is 79.9. The first-order valence-corrected chi connectivity index (χ1v) is 11.4. The molecule has 0 aromatic rings. The average molecular weight is 477 g/mol. The number of nitrogens with one attached hydrogen (secondary N) is 1. The molecule has 5 aliphatic rings. The van der Waals surface area contributed by atoms with Gasteiger partial charge >= 0.3 is 0 Å². The van der Waals surface area contributed by atoms with Crippen LogP contribution in [0, 0.1) is 23.7 Å². The predicted octanol–water partition coefficient (Wildman–Crippen LogP) is 0.274. The summed E-state index contributed by atoms with van der Waals surface area (Å²) in [4.78, 5) is 12.1. The highest BCUT2D eigenvalue weighted by Crippen LogP contribution is 2.60. The summed E-state index contributed by atoms with van der Waals surface area (Å²) in [6, 6.07) is 0. The summed E-state index contributed by atoms with van der Waals surface area (Å²) in [5, 5.41) is 3.69. The SMILES string of the molecule is C[C@@H]1CC[C@H]2[C@@H](C)C(NCCCC[N+](C)(C)C)O[C@@H]3O[C@]4(C)CC[C@@H]1[C@]32OO4.[Br-]. The van der Waals surface area contributed by atoms with Gasteiger partial charge in [-0.2, -0.15) is 0 Å². The van der Waals surface area contributed by atoms with Crippen molar-refractivity contribution in [1.29, 1.82) is 0 Å². The lowest BCUT2D eigenvalue weighted by atomic mass is 9.58. The van der Waals surface area contributed by atoms with Gasteiger partial charge in [0.15, 0.2) is 11.9 Å². The largest absolute Gasteiger partial charge is 1.00 e. The molecule has 6 nitrogen and oxygen atoms in total. The van der Waals surface area contributed by atoms with Crippen molar-refractivity contribution in [3.63, 3.8) is 0 Å². The summed E-state index contributed by atoms with van der Waals surface area (Å²) in [5.74, 6) is 1.14. The zero-order valence-corrected chi connectivity index (χ0v) is 20.7. The topological polar surface area (TPSA) is 49.0 Å². The first kappa shape index (κ1) is 23.9. The van der Waals surface area contributed by atoms with Crippen molar-refractivity contribution in [3.05, 3.63) is 0 Å². The van der Waals surface area contributed by atoms with E-state index in [4.69, 9.17) is 19.2 Å². The van der Waals surface area contributed by atoms with Gasteiger partial charge in [0, 0.05) is 18.3 Å². The maximum atomic E-state index is 6.56. The maximum Gasteiger partial charge on any atom is 0.201 e. The summed E-state index contributed by atoms with van der Waals surface area (Å²) in [6.07, 6.45) is 6.43. The Balaban J connectivity index is 0.00000240. The van der Waals surface area contributed by atoms with Crippen molar-refractivity contribution in [2.45, 2.75) is 83.2 Å². The summed E-state index contributed by atoms with van der Waals surface area (Å²) in [6.45, 7) is 8.85. The summed E-state index contributed by atoms with van der Waals surface area (Å²) < 4.78 is 14.0. The zero-order chi connectivity index (χ0) is 20.2. The highest BCUT2D eigenvalue weighted by Gasteiger charge is 2.69. The molecule has 1 saturated carbocycles. The van der Waals surface area contributed by atoms with Crippen LogP contribution in [0.25, 0.3) is 0 Å². The van der Waals surface area contributed by atoms with Crippen LogP contribution in [0.15, 0.2) is 0 Å². The molecule has 0 radical (unpaired) electrons. The Kier molecular flexibility index (Phi) is 7.12. The summed E-state index contributed by atoms with van der Waals surface area (Å²) in [7, 11) is 6.75. The van der Waals surface area contributed by atoms with Crippen LogP contribution in [0.1, 0.15) is 59.3 Å². The fraction of sp³-hybridized carbons (Fsp3) is 1.00. The number of ether oxygens (including phenoxy) is 2. The molecule has 1 N–H and O–H groups in total. The maximum absolute atomic E-state index is 6.56. The molecule has 0 amide bonds. The molecular formula is C22H41BrN2O4. The lowest BCUT2D eigenvalue weighted by Gasteiger charge is -2.60. The van der Waals surface area contributed by atoms with Gasteiger partial charge in [0.25, 0.3) is 0 Å². The fourth-order valence-electron chi connectivity index (χ4n) is 6.09. The number of hydrogen-bond donors (Lipinski definition) is 1. The number of unbranched alkanes of at least 4 members (excludes halogenated alkanes) is 1. The normalized spacial score (nSPS) is 46.6. The van der Waals surface area contributed by atoms with E-state index in [2.05, 4.69) is 40.3 Å². The Labute approximate surface area is 187 Å². The molecule has 1 unspecified atom stereocenters. The Morgan fingerprint density at radius 2 is 1.76 bits per heavy atom. The third-order valence-corrected chi connectivity index (χ3v) is 7.76. The summed E-state index contributed by atoms with van der Waals surface area (Å²) >= 11 is 0. The molecule has 5 fully saturated rings. The Bertz CT molecular complexity index is 574. The van der Waals surface area contributed by atoms with Gasteiger partial charge in [0.05, 0.1) is 27.7 Å². The number of fused-ring (bicyclic) bond motifs is 2. The van der Waals surface area contributed by atoms with Crippen molar-refractivity contribution < 1.29 is 40.7 Å². The minimum absolute atomic E-state index is 0. The molecular weight excluding hydrogens is 436 g/mol. The minimum atomic E-state index is -0.687. The van der Waals surface area contributed by atoms with E-state index in [0.717, 1.165) is 30.3 Å². The van der Waals surface area contributed by atoms with Crippen LogP contribution in [0.4, 0.5) is 0 Å². The van der Waals surface area contributed by atoms with Gasteiger partial charge in [-0.05, 0) is 57.4 Å². The number of quaternary nitrogens is 1. The van der Waals surface area contributed by atoms with E-state index >= 15 is 0 Å². The first-order chi connectivity index (χ1) is 13.1. The molecule has 4 heterocycles. The standard InChI is InChI=1S/C22H41N2O4.BrH/c1-15-9-10-18-16(2)19(23-13-7-8-14-24(4,5)6)25-20-22(18)17(15)11-12-21(3,26-20)27-28-22;/h15-20,23H,7-14H2,1-6H3;1H/q+1;/p-1/t15-,16-,17+,18+,19?,20-,21+,22-;/m1./s1. The van der Waals surface area contributed by atoms with Crippen LogP contribution in [0.2, 0.25) is 0 Å². The first-order valence-electron chi connectivity index (χ1n) is 11.4. The van der Waals surface area contributed by atoms with Gasteiger partial charge in [0.2, 0.25) is 5.79 Å². The van der Waals surface area contributed by atoms with E-state index < -0.39 is 11.4 Å². The van der Waals surface area contributed by atoms with Crippen molar-refractivity contribution in [1.82, 2.24) is 5.32 Å². The lowest BCUT2D eigenvalue weighted by molar-refractivity contribution is -0.870. The highest BCUT2D eigenvalue weighted by molar-refractivity contribution is 5.09. The molecule has 4 aliphatic heterocycles. The van der Waals surface area contributed by atoms with Crippen molar-refractivity contribution in [3.8, 4) is 0 Å². The second-order valence-electron chi connectivity index (χ2n) is 11.0. The second kappa shape index (κ2) is 8.64. The molecule has 1 aliphatic carbocycles. The predicted molar refractivity (Wildman–Crippen MR) is 107 cm³/mol. The van der Waals surface area contributed by atoms with Crippen LogP contribution in [0.5, 0.6) is 0 Å². The van der Waals surface area contributed by atoms with Gasteiger partial charge in [0.1, 0.15) is 6.23 Å². The molecule has 29 heavy (non-hydrogen) atoms. The van der Waals surface area contributed by atoms with Gasteiger partial charge in [-0.25, -0.2) is 9.78 Å². The summed E-state index contributed by atoms with van der Waals surface area (Å²) in [5.41, 5.74) is -0.449. The van der Waals surface area contributed by atoms with Crippen molar-refractivity contribution in [2.24, 2.45) is 23.7 Å². The Morgan fingerprint density at radius 3 is 2.48 bits per heavy atom. The van der Waals surface area contributed by atoms with Gasteiger partial charge < -0.3 is 30.9 Å². The zero-order valence-electron chi connectivity index (χ0n) is 19.1. The molecule has 0 aromatic heterocycles. The van der Waals surface area contributed by atoms with Crippen LogP contribution >= 0.6 is 0 Å². The van der Waals surface area contributed by atoms with Gasteiger partial charge in [-0.15, -0.1) is 0 Å². The van der Waals surface area contributed by atoms with Crippen LogP contribution < -0.4 is 22.3 Å². The van der Waals surface area contributed by atoms with Crippen molar-refractivity contribution in [2.75, 3.05) is 34.2 Å². The van der Waals surface area contributed by atoms with E-state index in [1.165, 1.54) is 25.8 Å². The molecule has 4 saturated heterocycles. The molecule has 170 valence electrons. The lowest BCUT2D eigenvalue weighted by Crippen LogP contribution is -3.00. The van der Waals surface area contributed by atoms with E-state index in [9.17, 15) is 0 Å². The van der Waals surface area contributed by atoms with Crippen molar-refractivity contribution >= 4 is 0 Å². The van der Waals surface area contributed by atoms with Gasteiger partial charge in [-0.1, -0.05) is 13.8 Å². The van der Waals surface area contributed by atoms with Crippen LogP contribution in [-0.2, 0) is 19.2 Å². The molecule has 8 atom stereocenters. The molecule has 1 spiro atoms. The monoisotopic (exact) mass is 476 g/mol. The van der Waals surface area contributed by atoms with E-state index in [0.29, 0.717) is 23.7 Å². The molecule has 2 bridgehead atoms. The van der Waals surface area contributed by atoms with Crippen LogP contribution in [-0.4, -0.2) is 62.6 Å². The van der Waals surface area contributed by atoms with Crippen LogP contribution in [0.3, 0.4) is 0 Å². The third kappa shape index (κ3) is 4.43. The van der Waals surface area contributed by atoms with E-state index in [1.54, 1.807) is 0 Å². The molecule has 0 aromatic carbocycles. The Hall–Kier alpha value is 0.240. The number of hydrogen-bond acceptors (Lipinski definition) is 5. The second-order valence-corrected chi connectivity index (χ2v) is 11.0. The molecule has 5 rings (SSSR count). The van der Waals surface area contributed by atoms with E-state index in [1.807, 2.05) is 6.92 Å². The minimum Gasteiger partial charge on any atom is -1.00 e. The average Bonchev–Trinajstić information content (AvgIpc) is 2.84. The van der Waals surface area contributed by atoms with E-state index in [-0.39, 0.29) is 29.5 Å². The number of halogens is 1. The fourth-order valence-corrected chi connectivity index (χ4v) is 6.09. The number of rotatable bonds is 6. The van der Waals surface area contributed by atoms with Gasteiger partial charge in [-0.3, -0.25) is 5.32 Å². The smallest absolute Gasteiger partial charge is 0.201 e. The Morgan fingerprint density at radius 1 is 1.00 bits per heavy atom.